The Kier molecular flexibility index (Phi) is 5.58. The second-order valence-electron chi connectivity index (χ2n) is 8.74. The van der Waals surface area contributed by atoms with E-state index in [2.05, 4.69) is 15.7 Å². The third kappa shape index (κ3) is 4.46. The quantitative estimate of drug-likeness (QED) is 0.506. The Balaban J connectivity index is 1.38. The van der Waals surface area contributed by atoms with E-state index in [0.717, 1.165) is 37.8 Å². The summed E-state index contributed by atoms with van der Waals surface area (Å²) in [4.78, 5) is 24.9. The van der Waals surface area contributed by atoms with Crippen LogP contribution in [-0.4, -0.2) is 26.8 Å². The van der Waals surface area contributed by atoms with E-state index in [1.807, 2.05) is 6.07 Å². The van der Waals surface area contributed by atoms with Gasteiger partial charge in [-0.3, -0.25) is 4.79 Å². The highest BCUT2D eigenvalue weighted by Gasteiger charge is 2.30. The van der Waals surface area contributed by atoms with Crippen LogP contribution in [0.15, 0.2) is 48.5 Å². The van der Waals surface area contributed by atoms with Crippen LogP contribution in [0.5, 0.6) is 5.75 Å². The zero-order valence-electron chi connectivity index (χ0n) is 18.1. The normalized spacial score (nSPS) is 15.7. The summed E-state index contributed by atoms with van der Waals surface area (Å²) in [5.74, 6) is -0.164. The van der Waals surface area contributed by atoms with Gasteiger partial charge < -0.3 is 15.7 Å². The summed E-state index contributed by atoms with van der Waals surface area (Å²) in [6.07, 6.45) is 4.81. The highest BCUT2D eigenvalue weighted by Crippen LogP contribution is 2.39. The van der Waals surface area contributed by atoms with Crippen LogP contribution in [-0.2, 0) is 11.3 Å². The number of hydrogen-bond donors (Lipinski definition) is 3. The van der Waals surface area contributed by atoms with Crippen LogP contribution in [0.2, 0.25) is 0 Å². The Morgan fingerprint density at radius 2 is 1.88 bits per heavy atom. The van der Waals surface area contributed by atoms with Crippen LogP contribution in [0.1, 0.15) is 49.3 Å². The van der Waals surface area contributed by atoms with Crippen LogP contribution in [0.3, 0.4) is 0 Å². The molecule has 3 aromatic rings. The predicted molar refractivity (Wildman–Crippen MR) is 121 cm³/mol. The van der Waals surface area contributed by atoms with Crippen molar-refractivity contribution in [3.63, 3.8) is 0 Å². The number of amides is 2. The van der Waals surface area contributed by atoms with E-state index in [-0.39, 0.29) is 35.9 Å². The second kappa shape index (κ2) is 8.69. The molecule has 2 aromatic carbocycles. The van der Waals surface area contributed by atoms with Gasteiger partial charge in [0, 0.05) is 41.3 Å². The molecule has 1 aromatic heterocycles. The van der Waals surface area contributed by atoms with Crippen molar-refractivity contribution in [2.24, 2.45) is 5.92 Å². The molecule has 0 atom stereocenters. The Morgan fingerprint density at radius 1 is 1.09 bits per heavy atom. The number of halogens is 1. The molecule has 5 rings (SSSR count). The van der Waals surface area contributed by atoms with Crippen molar-refractivity contribution in [3.8, 4) is 17.0 Å². The van der Waals surface area contributed by atoms with Gasteiger partial charge in [0.15, 0.2) is 0 Å². The summed E-state index contributed by atoms with van der Waals surface area (Å²) in [6.45, 7) is 0.0471. The van der Waals surface area contributed by atoms with E-state index < -0.39 is 6.03 Å². The number of aromatic nitrogens is 2. The van der Waals surface area contributed by atoms with E-state index in [9.17, 15) is 19.1 Å². The molecule has 2 amide bonds. The van der Waals surface area contributed by atoms with E-state index in [0.29, 0.717) is 22.5 Å². The molecule has 170 valence electrons. The molecule has 0 unspecified atom stereocenters. The summed E-state index contributed by atoms with van der Waals surface area (Å²) in [7, 11) is 0. The molecule has 0 spiro atoms. The molecule has 2 fully saturated rings. The van der Waals surface area contributed by atoms with Crippen molar-refractivity contribution in [2.75, 3.05) is 5.32 Å². The number of benzene rings is 2. The number of rotatable bonds is 6. The van der Waals surface area contributed by atoms with Crippen molar-refractivity contribution >= 4 is 17.6 Å². The van der Waals surface area contributed by atoms with Gasteiger partial charge in [0.05, 0.1) is 11.4 Å². The zero-order valence-corrected chi connectivity index (χ0v) is 18.1. The highest BCUT2D eigenvalue weighted by atomic mass is 19.1. The molecule has 1 heterocycles. The maximum Gasteiger partial charge on any atom is 0.342 e. The fraction of sp³-hybridized carbons (Fsp3) is 0.320. The largest absolute Gasteiger partial charge is 0.507 e. The Hall–Kier alpha value is -3.68. The van der Waals surface area contributed by atoms with Crippen molar-refractivity contribution in [3.05, 3.63) is 65.6 Å². The number of carbonyl (C=O) groups excluding carboxylic acids is 2. The lowest BCUT2D eigenvalue weighted by molar-refractivity contribution is -0.117. The van der Waals surface area contributed by atoms with Crippen molar-refractivity contribution in [2.45, 2.75) is 44.6 Å². The fourth-order valence-electron chi connectivity index (χ4n) is 3.99. The third-order valence-electron chi connectivity index (χ3n) is 6.33. The minimum Gasteiger partial charge on any atom is -0.507 e. The van der Waals surface area contributed by atoms with Crippen molar-refractivity contribution in [1.29, 1.82) is 0 Å². The first kappa shape index (κ1) is 21.2. The van der Waals surface area contributed by atoms with Crippen LogP contribution in [0.25, 0.3) is 11.3 Å². The van der Waals surface area contributed by atoms with E-state index in [1.165, 1.54) is 16.8 Å². The molecule has 0 radical (unpaired) electrons. The first-order valence-electron chi connectivity index (χ1n) is 11.3. The zero-order chi connectivity index (χ0) is 22.9. The molecule has 8 heteroatoms. The summed E-state index contributed by atoms with van der Waals surface area (Å²) in [6, 6.07) is 12.6. The molecular weight excluding hydrogens is 423 g/mol. The van der Waals surface area contributed by atoms with Gasteiger partial charge in [0.25, 0.3) is 0 Å². The highest BCUT2D eigenvalue weighted by molar-refractivity contribution is 5.94. The van der Waals surface area contributed by atoms with Crippen LogP contribution < -0.4 is 10.6 Å². The lowest BCUT2D eigenvalue weighted by Crippen LogP contribution is -2.31. The molecule has 0 aliphatic heterocycles. The first-order chi connectivity index (χ1) is 16.0. The standard InChI is InChI=1S/C25H25FN4O3/c26-20-7-2-1-4-17(20)14-27-25(33)30-22(15-5-3-6-15)13-21(29-30)19-11-10-18(12-23(19)31)28-24(32)16-8-9-16/h1-2,4,7,10-13,15-16,31H,3,5-6,8-9,14H2,(H,27,33)(H,28,32). The van der Waals surface area contributed by atoms with E-state index in [4.69, 9.17) is 0 Å². The summed E-state index contributed by atoms with van der Waals surface area (Å²) < 4.78 is 15.2. The summed E-state index contributed by atoms with van der Waals surface area (Å²) in [5.41, 5.74) is 2.63. The molecule has 2 saturated carbocycles. The summed E-state index contributed by atoms with van der Waals surface area (Å²) >= 11 is 0. The van der Waals surface area contributed by atoms with Crippen LogP contribution in [0, 0.1) is 11.7 Å². The van der Waals surface area contributed by atoms with E-state index in [1.54, 1.807) is 30.3 Å². The van der Waals surface area contributed by atoms with Crippen LogP contribution >= 0.6 is 0 Å². The minimum atomic E-state index is -0.445. The SMILES string of the molecule is O=C(Nc1ccc(-c2cc(C3CCC3)n(C(=O)NCc3ccccc3F)n2)c(O)c1)C1CC1. The monoisotopic (exact) mass is 448 g/mol. The molecule has 3 N–H and O–H groups in total. The maximum absolute atomic E-state index is 13.9. The number of phenols is 1. The second-order valence-corrected chi connectivity index (χ2v) is 8.74. The van der Waals surface area contributed by atoms with Gasteiger partial charge in [-0.25, -0.2) is 9.18 Å². The van der Waals surface area contributed by atoms with Crippen LogP contribution in [0.4, 0.5) is 14.9 Å². The number of carbonyl (C=O) groups is 2. The Labute approximate surface area is 190 Å². The average Bonchev–Trinajstić information content (AvgIpc) is 3.53. The number of anilines is 1. The van der Waals surface area contributed by atoms with Crippen molar-refractivity contribution < 1.29 is 19.1 Å². The molecule has 33 heavy (non-hydrogen) atoms. The summed E-state index contributed by atoms with van der Waals surface area (Å²) in [5, 5.41) is 20.6. The number of aromatic hydroxyl groups is 1. The number of nitrogens with zero attached hydrogens (tertiary/aromatic N) is 2. The van der Waals surface area contributed by atoms with Crippen molar-refractivity contribution in [1.82, 2.24) is 15.1 Å². The van der Waals surface area contributed by atoms with Gasteiger partial charge in [-0.2, -0.15) is 9.78 Å². The molecule has 7 nitrogen and oxygen atoms in total. The lowest BCUT2D eigenvalue weighted by Gasteiger charge is -2.25. The number of nitrogens with one attached hydrogen (secondary N) is 2. The van der Waals surface area contributed by atoms with Gasteiger partial charge in [-0.15, -0.1) is 0 Å². The number of hydrogen-bond acceptors (Lipinski definition) is 4. The van der Waals surface area contributed by atoms with Gasteiger partial charge >= 0.3 is 6.03 Å². The molecule has 2 aliphatic carbocycles. The Bertz CT molecular complexity index is 1210. The molecule has 2 aliphatic rings. The van der Waals surface area contributed by atoms with E-state index >= 15 is 0 Å². The smallest absolute Gasteiger partial charge is 0.342 e. The lowest BCUT2D eigenvalue weighted by atomic mass is 9.82. The fourth-order valence-corrected chi connectivity index (χ4v) is 3.99. The maximum atomic E-state index is 13.9. The average molecular weight is 448 g/mol. The topological polar surface area (TPSA) is 96.3 Å². The minimum absolute atomic E-state index is 0.0276. The van der Waals surface area contributed by atoms with Gasteiger partial charge in [-0.05, 0) is 49.9 Å². The first-order valence-corrected chi connectivity index (χ1v) is 11.3. The third-order valence-corrected chi connectivity index (χ3v) is 6.33. The Morgan fingerprint density at radius 3 is 2.55 bits per heavy atom. The molecule has 0 bridgehead atoms. The van der Waals surface area contributed by atoms with Gasteiger partial charge in [0.2, 0.25) is 5.91 Å². The predicted octanol–water partition coefficient (Wildman–Crippen LogP) is 4.77. The van der Waals surface area contributed by atoms with Gasteiger partial charge in [0.1, 0.15) is 11.6 Å². The molecular formula is C25H25FN4O3. The molecule has 0 saturated heterocycles. The number of phenolic OH excluding ortho intramolecular Hbond substituents is 1. The van der Waals surface area contributed by atoms with Gasteiger partial charge in [-0.1, -0.05) is 24.6 Å².